The fourth-order valence-corrected chi connectivity index (χ4v) is 3.93. The molecule has 1 saturated carbocycles. The number of amides is 1. The molecule has 1 heterocycles. The highest BCUT2D eigenvalue weighted by atomic mass is 16.1. The van der Waals surface area contributed by atoms with E-state index in [1.165, 1.54) is 32.1 Å². The molecule has 0 spiro atoms. The van der Waals surface area contributed by atoms with Gasteiger partial charge in [0.2, 0.25) is 5.91 Å². The van der Waals surface area contributed by atoms with Crippen molar-refractivity contribution in [3.63, 3.8) is 0 Å². The van der Waals surface area contributed by atoms with Crippen LogP contribution in [0, 0.1) is 5.92 Å². The maximum absolute atomic E-state index is 11.2. The Labute approximate surface area is 126 Å². The van der Waals surface area contributed by atoms with Gasteiger partial charge in [0.25, 0.3) is 0 Å². The van der Waals surface area contributed by atoms with Crippen molar-refractivity contribution in [2.45, 2.75) is 50.6 Å². The number of primary amides is 1. The number of rotatable bonds is 5. The molecule has 2 aliphatic rings. The number of anilines is 1. The number of nitrogens with one attached hydrogen (secondary N) is 2. The van der Waals surface area contributed by atoms with E-state index in [9.17, 15) is 4.79 Å². The molecule has 1 saturated heterocycles. The van der Waals surface area contributed by atoms with Crippen LogP contribution in [0.5, 0.6) is 0 Å². The van der Waals surface area contributed by atoms with Crippen molar-refractivity contribution in [1.82, 2.24) is 5.32 Å². The van der Waals surface area contributed by atoms with Gasteiger partial charge in [-0.3, -0.25) is 4.79 Å². The molecule has 4 heteroatoms. The Bertz CT molecular complexity index is 497. The largest absolute Gasteiger partial charge is 0.382 e. The molecule has 4 nitrogen and oxygen atoms in total. The summed E-state index contributed by atoms with van der Waals surface area (Å²) in [5, 5.41) is 7.34. The van der Waals surface area contributed by atoms with Crippen LogP contribution in [0.25, 0.3) is 0 Å². The topological polar surface area (TPSA) is 67.2 Å². The van der Waals surface area contributed by atoms with Crippen LogP contribution in [0.2, 0.25) is 0 Å². The summed E-state index contributed by atoms with van der Waals surface area (Å²) in [5.41, 5.74) is 7.44. The molecule has 1 aromatic carbocycles. The second kappa shape index (κ2) is 6.48. The fourth-order valence-electron chi connectivity index (χ4n) is 3.93. The zero-order valence-corrected chi connectivity index (χ0v) is 12.5. The molecular weight excluding hydrogens is 262 g/mol. The van der Waals surface area contributed by atoms with E-state index in [-0.39, 0.29) is 5.91 Å². The molecule has 21 heavy (non-hydrogen) atoms. The lowest BCUT2D eigenvalue weighted by Gasteiger charge is -2.28. The van der Waals surface area contributed by atoms with E-state index in [2.05, 4.69) is 16.7 Å². The second-order valence-corrected chi connectivity index (χ2v) is 6.35. The average Bonchev–Trinajstić information content (AvgIpc) is 3.10. The third-order valence-electron chi connectivity index (χ3n) is 4.91. The van der Waals surface area contributed by atoms with Crippen LogP contribution in [0.1, 0.15) is 37.7 Å². The minimum Gasteiger partial charge on any atom is -0.382 e. The monoisotopic (exact) mass is 287 g/mol. The van der Waals surface area contributed by atoms with Gasteiger partial charge in [0, 0.05) is 17.8 Å². The van der Waals surface area contributed by atoms with Crippen molar-refractivity contribution in [1.29, 1.82) is 0 Å². The quantitative estimate of drug-likeness (QED) is 0.776. The van der Waals surface area contributed by atoms with Crippen molar-refractivity contribution in [3.05, 3.63) is 29.8 Å². The second-order valence-electron chi connectivity index (χ2n) is 6.35. The highest BCUT2D eigenvalue weighted by Crippen LogP contribution is 2.34. The van der Waals surface area contributed by atoms with Crippen molar-refractivity contribution in [3.8, 4) is 0 Å². The maximum Gasteiger partial charge on any atom is 0.221 e. The van der Waals surface area contributed by atoms with E-state index in [0.717, 1.165) is 17.8 Å². The van der Waals surface area contributed by atoms with Crippen LogP contribution < -0.4 is 16.4 Å². The van der Waals surface area contributed by atoms with E-state index in [1.807, 2.05) is 18.2 Å². The van der Waals surface area contributed by atoms with Gasteiger partial charge < -0.3 is 16.4 Å². The van der Waals surface area contributed by atoms with E-state index in [0.29, 0.717) is 24.4 Å². The van der Waals surface area contributed by atoms with Crippen molar-refractivity contribution >= 4 is 11.6 Å². The summed E-state index contributed by atoms with van der Waals surface area (Å²) in [6, 6.07) is 9.21. The van der Waals surface area contributed by atoms with Gasteiger partial charge in [0.1, 0.15) is 0 Å². The van der Waals surface area contributed by atoms with Gasteiger partial charge in [-0.05, 0) is 49.8 Å². The van der Waals surface area contributed by atoms with Gasteiger partial charge in [0.15, 0.2) is 0 Å². The zero-order chi connectivity index (χ0) is 14.7. The molecule has 3 rings (SSSR count). The highest BCUT2D eigenvalue weighted by molar-refractivity contribution is 5.78. The number of carbonyl (C=O) groups is 1. The van der Waals surface area contributed by atoms with Crippen molar-refractivity contribution in [2.24, 2.45) is 11.7 Å². The Kier molecular flexibility index (Phi) is 4.44. The first-order valence-corrected chi connectivity index (χ1v) is 8.10. The summed E-state index contributed by atoms with van der Waals surface area (Å²) < 4.78 is 0. The summed E-state index contributed by atoms with van der Waals surface area (Å²) in [6.45, 7) is 1.16. The van der Waals surface area contributed by atoms with Gasteiger partial charge in [-0.15, -0.1) is 0 Å². The van der Waals surface area contributed by atoms with Gasteiger partial charge in [-0.2, -0.15) is 0 Å². The SMILES string of the molecule is NC(=O)Cc1ccccc1NC1CCCC1C1CCCN1. The van der Waals surface area contributed by atoms with E-state index < -0.39 is 0 Å². The molecule has 0 bridgehead atoms. The molecule has 1 aromatic rings. The maximum atomic E-state index is 11.2. The van der Waals surface area contributed by atoms with Crippen LogP contribution in [0.3, 0.4) is 0 Å². The average molecular weight is 287 g/mol. The molecule has 2 fully saturated rings. The number of para-hydroxylation sites is 1. The summed E-state index contributed by atoms with van der Waals surface area (Å²) >= 11 is 0. The molecule has 0 aromatic heterocycles. The van der Waals surface area contributed by atoms with E-state index in [1.54, 1.807) is 0 Å². The first-order chi connectivity index (χ1) is 10.2. The minimum absolute atomic E-state index is 0.273. The van der Waals surface area contributed by atoms with Crippen LogP contribution in [-0.4, -0.2) is 24.5 Å². The first-order valence-electron chi connectivity index (χ1n) is 8.10. The van der Waals surface area contributed by atoms with E-state index in [4.69, 9.17) is 5.73 Å². The van der Waals surface area contributed by atoms with Gasteiger partial charge in [-0.25, -0.2) is 0 Å². The lowest BCUT2D eigenvalue weighted by atomic mass is 9.92. The highest BCUT2D eigenvalue weighted by Gasteiger charge is 2.35. The minimum atomic E-state index is -0.273. The molecule has 1 aliphatic heterocycles. The van der Waals surface area contributed by atoms with Gasteiger partial charge >= 0.3 is 0 Å². The zero-order valence-electron chi connectivity index (χ0n) is 12.5. The van der Waals surface area contributed by atoms with Crippen LogP contribution in [-0.2, 0) is 11.2 Å². The molecule has 3 atom stereocenters. The normalized spacial score (nSPS) is 28.7. The Hall–Kier alpha value is -1.55. The Balaban J connectivity index is 1.71. The van der Waals surface area contributed by atoms with Gasteiger partial charge in [-0.1, -0.05) is 24.6 Å². The first kappa shape index (κ1) is 14.4. The number of hydrogen-bond acceptors (Lipinski definition) is 3. The molecule has 114 valence electrons. The van der Waals surface area contributed by atoms with Crippen molar-refractivity contribution < 1.29 is 4.79 Å². The summed E-state index contributed by atoms with van der Waals surface area (Å²) in [7, 11) is 0. The number of hydrogen-bond donors (Lipinski definition) is 3. The van der Waals surface area contributed by atoms with Crippen molar-refractivity contribution in [2.75, 3.05) is 11.9 Å². The predicted molar refractivity (Wildman–Crippen MR) is 85.1 cm³/mol. The molecule has 1 amide bonds. The van der Waals surface area contributed by atoms with Gasteiger partial charge in [0.05, 0.1) is 6.42 Å². The number of benzene rings is 1. The fraction of sp³-hybridized carbons (Fsp3) is 0.588. The summed E-state index contributed by atoms with van der Waals surface area (Å²) in [4.78, 5) is 11.2. The number of nitrogens with two attached hydrogens (primary N) is 1. The summed E-state index contributed by atoms with van der Waals surface area (Å²) in [6.07, 6.45) is 6.71. The Morgan fingerprint density at radius 2 is 2.10 bits per heavy atom. The molecule has 0 radical (unpaired) electrons. The Morgan fingerprint density at radius 3 is 2.86 bits per heavy atom. The molecule has 4 N–H and O–H groups in total. The molecular formula is C17H25N3O. The lowest BCUT2D eigenvalue weighted by molar-refractivity contribution is -0.117. The molecule has 1 aliphatic carbocycles. The van der Waals surface area contributed by atoms with E-state index >= 15 is 0 Å². The third-order valence-corrected chi connectivity index (χ3v) is 4.91. The standard InChI is InChI=1S/C17H25N3O/c18-17(21)11-12-5-1-2-7-14(12)20-16-8-3-6-13(16)15-9-4-10-19-15/h1-2,5,7,13,15-16,19-20H,3-4,6,8-11H2,(H2,18,21). The number of carbonyl (C=O) groups excluding carboxylic acids is 1. The smallest absolute Gasteiger partial charge is 0.221 e. The molecule has 3 unspecified atom stereocenters. The van der Waals surface area contributed by atoms with Crippen LogP contribution in [0.15, 0.2) is 24.3 Å². The Morgan fingerprint density at radius 1 is 1.24 bits per heavy atom. The third kappa shape index (κ3) is 3.38. The predicted octanol–water partition coefficient (Wildman–Crippen LogP) is 2.05. The lowest BCUT2D eigenvalue weighted by Crippen LogP contribution is -2.38. The summed E-state index contributed by atoms with van der Waals surface area (Å²) in [5.74, 6) is 0.429. The van der Waals surface area contributed by atoms with Crippen LogP contribution >= 0.6 is 0 Å². The van der Waals surface area contributed by atoms with Crippen LogP contribution in [0.4, 0.5) is 5.69 Å².